The van der Waals surface area contributed by atoms with E-state index in [4.69, 9.17) is 0 Å². The predicted molar refractivity (Wildman–Crippen MR) is 70.0 cm³/mol. The minimum atomic E-state index is -5.66. The van der Waals surface area contributed by atoms with Crippen LogP contribution in [0.3, 0.4) is 0 Å². The molecule has 1 N–H and O–H groups in total. The SMILES string of the molecule is COP(=O)(OC)[C@](NC(=O)C(F)(F)F)(c1ccccc1)C(F)(F)F. The van der Waals surface area contributed by atoms with Gasteiger partial charge in [-0.3, -0.25) is 9.36 Å². The molecule has 0 saturated heterocycles. The summed E-state index contributed by atoms with van der Waals surface area (Å²) in [5.41, 5.74) is -0.942. The van der Waals surface area contributed by atoms with Crippen molar-refractivity contribution in [2.45, 2.75) is 17.6 Å². The van der Waals surface area contributed by atoms with E-state index < -0.39 is 36.7 Å². The van der Waals surface area contributed by atoms with Crippen molar-refractivity contribution in [2.24, 2.45) is 0 Å². The van der Waals surface area contributed by atoms with E-state index in [1.807, 2.05) is 0 Å². The van der Waals surface area contributed by atoms with Crippen molar-refractivity contribution < 1.29 is 44.7 Å². The fourth-order valence-electron chi connectivity index (χ4n) is 1.95. The van der Waals surface area contributed by atoms with Crippen LogP contribution in [0.25, 0.3) is 0 Å². The third-order valence-electron chi connectivity index (χ3n) is 3.05. The van der Waals surface area contributed by atoms with Crippen LogP contribution in [-0.4, -0.2) is 32.5 Å². The monoisotopic (exact) mass is 379 g/mol. The Kier molecular flexibility index (Phi) is 5.74. The Morgan fingerprint density at radius 2 is 1.46 bits per heavy atom. The summed E-state index contributed by atoms with van der Waals surface area (Å²) in [6, 6.07) is 4.89. The lowest BCUT2D eigenvalue weighted by Crippen LogP contribution is -2.58. The smallest absolute Gasteiger partial charge is 0.321 e. The van der Waals surface area contributed by atoms with Gasteiger partial charge in [-0.2, -0.15) is 26.3 Å². The van der Waals surface area contributed by atoms with Gasteiger partial charge in [-0.1, -0.05) is 30.3 Å². The molecule has 0 aliphatic heterocycles. The van der Waals surface area contributed by atoms with Crippen LogP contribution in [0.4, 0.5) is 26.3 Å². The van der Waals surface area contributed by atoms with Gasteiger partial charge in [-0.15, -0.1) is 0 Å². The number of carbonyl (C=O) groups is 1. The van der Waals surface area contributed by atoms with Crippen molar-refractivity contribution in [1.29, 1.82) is 0 Å². The minimum absolute atomic E-state index is 0.563. The first-order chi connectivity index (χ1) is 10.9. The molecule has 1 aromatic carbocycles. The topological polar surface area (TPSA) is 64.6 Å². The summed E-state index contributed by atoms with van der Waals surface area (Å²) in [7, 11) is -4.22. The maximum atomic E-state index is 13.8. The molecule has 0 radical (unpaired) electrons. The molecule has 24 heavy (non-hydrogen) atoms. The second kappa shape index (κ2) is 6.73. The molecule has 0 aliphatic carbocycles. The van der Waals surface area contributed by atoms with Crippen LogP contribution in [0, 0.1) is 0 Å². The third-order valence-corrected chi connectivity index (χ3v) is 5.45. The maximum absolute atomic E-state index is 13.8. The van der Waals surface area contributed by atoms with E-state index in [-0.39, 0.29) is 0 Å². The van der Waals surface area contributed by atoms with E-state index in [0.29, 0.717) is 14.2 Å². The lowest BCUT2D eigenvalue weighted by Gasteiger charge is -2.39. The molecule has 0 bridgehead atoms. The summed E-state index contributed by atoms with van der Waals surface area (Å²) in [4.78, 5) is 11.2. The molecule has 0 fully saturated rings. The second-order valence-corrected chi connectivity index (χ2v) is 6.78. The average Bonchev–Trinajstić information content (AvgIpc) is 2.50. The fraction of sp³-hybridized carbons (Fsp3) is 0.417. The molecule has 1 rings (SSSR count). The highest BCUT2D eigenvalue weighted by atomic mass is 31.2. The van der Waals surface area contributed by atoms with Crippen molar-refractivity contribution in [1.82, 2.24) is 5.32 Å². The van der Waals surface area contributed by atoms with E-state index >= 15 is 0 Å². The number of nitrogens with one attached hydrogen (secondary N) is 1. The van der Waals surface area contributed by atoms with Crippen LogP contribution < -0.4 is 5.32 Å². The molecule has 136 valence electrons. The molecule has 1 aromatic rings. The Morgan fingerprint density at radius 3 is 1.79 bits per heavy atom. The van der Waals surface area contributed by atoms with E-state index in [0.717, 1.165) is 29.6 Å². The standard InChI is InChI=1S/C12H12F6NO4P/c1-22-24(21,23-2)10(12(16,17)18,8-6-4-3-5-7-8)19-9(20)11(13,14)15/h3-7H,1-2H3,(H,19,20)/t10-/m1/s1. The first-order valence-corrected chi connectivity index (χ1v) is 7.63. The summed E-state index contributed by atoms with van der Waals surface area (Å²) < 4.78 is 100.0. The number of benzene rings is 1. The highest BCUT2D eigenvalue weighted by Gasteiger charge is 2.71. The quantitative estimate of drug-likeness (QED) is 0.628. The van der Waals surface area contributed by atoms with Crippen molar-refractivity contribution in [3.63, 3.8) is 0 Å². The number of amides is 1. The van der Waals surface area contributed by atoms with Crippen LogP contribution in [0.15, 0.2) is 30.3 Å². The molecule has 0 aliphatic rings. The Balaban J connectivity index is 3.77. The molecule has 0 saturated carbocycles. The van der Waals surface area contributed by atoms with E-state index in [1.165, 1.54) is 6.07 Å². The summed E-state index contributed by atoms with van der Waals surface area (Å²) in [6.07, 6.45) is -11.3. The number of rotatable bonds is 5. The number of alkyl halides is 6. The van der Waals surface area contributed by atoms with Gasteiger partial charge in [0, 0.05) is 14.2 Å². The molecule has 12 heteroatoms. The number of halogens is 6. The first kappa shape index (κ1) is 20.5. The van der Waals surface area contributed by atoms with Gasteiger partial charge in [-0.25, -0.2) is 0 Å². The minimum Gasteiger partial charge on any atom is -0.321 e. The molecule has 1 atom stereocenters. The summed E-state index contributed by atoms with van der Waals surface area (Å²) in [5, 5.41) is -3.28. The average molecular weight is 379 g/mol. The Labute approximate surface area is 132 Å². The van der Waals surface area contributed by atoms with Gasteiger partial charge in [0.1, 0.15) is 0 Å². The summed E-state index contributed by atoms with van der Waals surface area (Å²) in [6.45, 7) is 0. The zero-order valence-corrected chi connectivity index (χ0v) is 13.1. The number of hydrogen-bond donors (Lipinski definition) is 1. The van der Waals surface area contributed by atoms with Crippen LogP contribution >= 0.6 is 7.60 Å². The molecule has 5 nitrogen and oxygen atoms in total. The number of carbonyl (C=O) groups excluding carboxylic acids is 1. The van der Waals surface area contributed by atoms with Gasteiger partial charge >= 0.3 is 25.9 Å². The highest BCUT2D eigenvalue weighted by Crippen LogP contribution is 2.68. The van der Waals surface area contributed by atoms with E-state index in [2.05, 4.69) is 9.05 Å². The highest BCUT2D eigenvalue weighted by molar-refractivity contribution is 7.55. The normalized spacial score (nSPS) is 15.7. The van der Waals surface area contributed by atoms with Gasteiger partial charge in [-0.05, 0) is 5.56 Å². The van der Waals surface area contributed by atoms with Crippen LogP contribution in [0.2, 0.25) is 0 Å². The molecule has 0 aromatic heterocycles. The Morgan fingerprint density at radius 1 is 1.00 bits per heavy atom. The van der Waals surface area contributed by atoms with Crippen LogP contribution in [0.1, 0.15) is 5.56 Å². The zero-order valence-electron chi connectivity index (χ0n) is 12.2. The molecule has 0 spiro atoms. The maximum Gasteiger partial charge on any atom is 0.471 e. The predicted octanol–water partition coefficient (Wildman–Crippen LogP) is 3.57. The van der Waals surface area contributed by atoms with E-state index in [1.54, 1.807) is 0 Å². The zero-order chi connectivity index (χ0) is 18.8. The fourth-order valence-corrected chi connectivity index (χ4v) is 3.66. The van der Waals surface area contributed by atoms with Gasteiger partial charge < -0.3 is 14.4 Å². The van der Waals surface area contributed by atoms with Crippen molar-refractivity contribution >= 4 is 13.5 Å². The van der Waals surface area contributed by atoms with Crippen LogP contribution in [-0.2, 0) is 23.7 Å². The molecular formula is C12H12F6NO4P. The largest absolute Gasteiger partial charge is 0.471 e. The van der Waals surface area contributed by atoms with Gasteiger partial charge in [0.2, 0.25) is 0 Å². The number of hydrogen-bond acceptors (Lipinski definition) is 4. The lowest BCUT2D eigenvalue weighted by molar-refractivity contribution is -0.198. The molecule has 1 amide bonds. The van der Waals surface area contributed by atoms with Crippen molar-refractivity contribution in [3.8, 4) is 0 Å². The molecular weight excluding hydrogens is 367 g/mol. The van der Waals surface area contributed by atoms with Gasteiger partial charge in [0.15, 0.2) is 0 Å². The molecule has 0 heterocycles. The van der Waals surface area contributed by atoms with Gasteiger partial charge in [0.05, 0.1) is 0 Å². The second-order valence-electron chi connectivity index (χ2n) is 4.39. The van der Waals surface area contributed by atoms with E-state index in [9.17, 15) is 35.7 Å². The Hall–Kier alpha value is -1.58. The van der Waals surface area contributed by atoms with Crippen molar-refractivity contribution in [3.05, 3.63) is 35.9 Å². The Bertz CT molecular complexity index is 625. The van der Waals surface area contributed by atoms with Gasteiger partial charge in [0.25, 0.3) is 5.28 Å². The molecule has 0 unspecified atom stereocenters. The summed E-state index contributed by atoms with van der Waals surface area (Å²) >= 11 is 0. The third kappa shape index (κ3) is 3.42. The lowest BCUT2D eigenvalue weighted by atomic mass is 10.1. The van der Waals surface area contributed by atoms with Crippen LogP contribution in [0.5, 0.6) is 0 Å². The first-order valence-electron chi connectivity index (χ1n) is 6.09. The van der Waals surface area contributed by atoms with Crippen molar-refractivity contribution in [2.75, 3.05) is 14.2 Å². The summed E-state index contributed by atoms with van der Waals surface area (Å²) in [5.74, 6) is -2.95.